The molecule has 2 aromatic rings. The van der Waals surface area contributed by atoms with Gasteiger partial charge in [0.15, 0.2) is 6.10 Å². The summed E-state index contributed by atoms with van der Waals surface area (Å²) < 4.78 is 0. The highest BCUT2D eigenvalue weighted by Crippen LogP contribution is 2.41. The minimum absolute atomic E-state index is 0.0987. The summed E-state index contributed by atoms with van der Waals surface area (Å²) in [5.41, 5.74) is 1.02. The van der Waals surface area contributed by atoms with E-state index in [1.54, 1.807) is 5.06 Å². The summed E-state index contributed by atoms with van der Waals surface area (Å²) in [7, 11) is 0. The molecule has 0 aromatic heterocycles. The molecule has 3 atom stereocenters. The standard InChI is InChI=1S/C20H19N3O5/c1-2-6-16-17-18(28-22(16)14-7-4-3-5-8-14)20(25)21(19(17)24)13-9-11-15(12-10-13)23(26)27/h3-5,7-12,16-18H,2,6H2,1H3/t16-,17+,18+/m0/s1. The quantitative estimate of drug-likeness (QED) is 0.449. The number of carbonyl (C=O) groups is 2. The zero-order valence-electron chi connectivity index (χ0n) is 15.2. The van der Waals surface area contributed by atoms with E-state index < -0.39 is 22.9 Å². The fourth-order valence-electron chi connectivity index (χ4n) is 3.89. The minimum Gasteiger partial charge on any atom is -0.273 e. The van der Waals surface area contributed by atoms with Crippen molar-refractivity contribution >= 4 is 28.9 Å². The van der Waals surface area contributed by atoms with Crippen LogP contribution in [0, 0.1) is 16.0 Å². The van der Waals surface area contributed by atoms with E-state index in [1.165, 1.54) is 24.3 Å². The van der Waals surface area contributed by atoms with Gasteiger partial charge >= 0.3 is 0 Å². The Labute approximate surface area is 161 Å². The highest BCUT2D eigenvalue weighted by Gasteiger charge is 2.59. The van der Waals surface area contributed by atoms with Crippen molar-refractivity contribution < 1.29 is 19.3 Å². The summed E-state index contributed by atoms with van der Waals surface area (Å²) in [6, 6.07) is 14.6. The van der Waals surface area contributed by atoms with Gasteiger partial charge in [-0.2, -0.15) is 0 Å². The second kappa shape index (κ2) is 7.05. The average molecular weight is 381 g/mol. The van der Waals surface area contributed by atoms with Gasteiger partial charge in [0.05, 0.1) is 28.3 Å². The van der Waals surface area contributed by atoms with Crippen LogP contribution in [-0.2, 0) is 14.4 Å². The predicted octanol–water partition coefficient (Wildman–Crippen LogP) is 3.07. The smallest absolute Gasteiger partial charge is 0.269 e. The topological polar surface area (TPSA) is 93.0 Å². The van der Waals surface area contributed by atoms with Crippen molar-refractivity contribution in [3.05, 3.63) is 64.7 Å². The number of nitrogens with zero attached hydrogens (tertiary/aromatic N) is 3. The molecule has 0 N–H and O–H groups in total. The van der Waals surface area contributed by atoms with Crippen LogP contribution in [0.15, 0.2) is 54.6 Å². The molecule has 0 unspecified atom stereocenters. The molecule has 2 aliphatic rings. The van der Waals surface area contributed by atoms with Crippen molar-refractivity contribution in [2.24, 2.45) is 5.92 Å². The molecule has 2 saturated heterocycles. The van der Waals surface area contributed by atoms with Gasteiger partial charge in [0, 0.05) is 12.1 Å². The first-order chi connectivity index (χ1) is 13.5. The highest BCUT2D eigenvalue weighted by atomic mass is 16.7. The number of hydrogen-bond donors (Lipinski definition) is 0. The lowest BCUT2D eigenvalue weighted by atomic mass is 9.93. The summed E-state index contributed by atoms with van der Waals surface area (Å²) in [6.45, 7) is 2.02. The van der Waals surface area contributed by atoms with Gasteiger partial charge < -0.3 is 0 Å². The maximum atomic E-state index is 13.1. The molecule has 144 valence electrons. The van der Waals surface area contributed by atoms with Gasteiger partial charge in [-0.3, -0.25) is 24.5 Å². The van der Waals surface area contributed by atoms with E-state index >= 15 is 0 Å². The van der Waals surface area contributed by atoms with Gasteiger partial charge in [-0.25, -0.2) is 9.96 Å². The van der Waals surface area contributed by atoms with E-state index in [2.05, 4.69) is 0 Å². The summed E-state index contributed by atoms with van der Waals surface area (Å²) in [5, 5.41) is 12.5. The van der Waals surface area contributed by atoms with Gasteiger partial charge in [-0.15, -0.1) is 0 Å². The normalized spacial score (nSPS) is 24.0. The van der Waals surface area contributed by atoms with Crippen molar-refractivity contribution in [2.75, 3.05) is 9.96 Å². The van der Waals surface area contributed by atoms with Crippen LogP contribution in [0.3, 0.4) is 0 Å². The fraction of sp³-hybridized carbons (Fsp3) is 0.300. The molecular formula is C20H19N3O5. The first kappa shape index (κ1) is 18.1. The third-order valence-electron chi connectivity index (χ3n) is 5.15. The molecule has 0 aliphatic carbocycles. The number of rotatable bonds is 5. The number of nitro groups is 1. The third-order valence-corrected chi connectivity index (χ3v) is 5.15. The number of hydroxylamine groups is 1. The van der Waals surface area contributed by atoms with Crippen molar-refractivity contribution in [3.63, 3.8) is 0 Å². The number of fused-ring (bicyclic) bond motifs is 1. The van der Waals surface area contributed by atoms with E-state index in [9.17, 15) is 19.7 Å². The van der Waals surface area contributed by atoms with E-state index in [0.717, 1.165) is 17.0 Å². The van der Waals surface area contributed by atoms with Crippen LogP contribution < -0.4 is 9.96 Å². The first-order valence-corrected chi connectivity index (χ1v) is 9.16. The van der Waals surface area contributed by atoms with Crippen molar-refractivity contribution in [1.82, 2.24) is 0 Å². The van der Waals surface area contributed by atoms with Crippen molar-refractivity contribution in [2.45, 2.75) is 31.9 Å². The molecule has 2 aliphatic heterocycles. The Bertz CT molecular complexity index is 915. The second-order valence-electron chi connectivity index (χ2n) is 6.85. The zero-order valence-corrected chi connectivity index (χ0v) is 15.2. The van der Waals surface area contributed by atoms with Gasteiger partial charge in [0.2, 0.25) is 5.91 Å². The molecule has 0 saturated carbocycles. The molecule has 4 rings (SSSR count). The highest BCUT2D eigenvalue weighted by molar-refractivity contribution is 6.23. The number of anilines is 2. The molecule has 0 bridgehead atoms. The molecule has 2 fully saturated rings. The maximum absolute atomic E-state index is 13.1. The Morgan fingerprint density at radius 3 is 2.29 bits per heavy atom. The predicted molar refractivity (Wildman–Crippen MR) is 102 cm³/mol. The summed E-state index contributed by atoms with van der Waals surface area (Å²) in [6.07, 6.45) is 0.641. The number of para-hydroxylation sites is 1. The number of carbonyl (C=O) groups excluding carboxylic acids is 2. The second-order valence-corrected chi connectivity index (χ2v) is 6.85. The number of imide groups is 1. The summed E-state index contributed by atoms with van der Waals surface area (Å²) in [5.74, 6) is -1.38. The first-order valence-electron chi connectivity index (χ1n) is 9.16. The molecular weight excluding hydrogens is 362 g/mol. The molecule has 2 amide bonds. The van der Waals surface area contributed by atoms with E-state index in [1.807, 2.05) is 37.3 Å². The monoisotopic (exact) mass is 381 g/mol. The Hall–Kier alpha value is -3.26. The van der Waals surface area contributed by atoms with Crippen molar-refractivity contribution in [1.29, 1.82) is 0 Å². The van der Waals surface area contributed by atoms with Gasteiger partial charge in [0.1, 0.15) is 0 Å². The minimum atomic E-state index is -0.889. The van der Waals surface area contributed by atoms with E-state index in [0.29, 0.717) is 12.1 Å². The molecule has 8 nitrogen and oxygen atoms in total. The average Bonchev–Trinajstić information content (AvgIpc) is 3.19. The molecule has 2 heterocycles. The number of hydrogen-bond acceptors (Lipinski definition) is 6. The lowest BCUT2D eigenvalue weighted by Gasteiger charge is -2.28. The molecule has 0 radical (unpaired) electrons. The fourth-order valence-corrected chi connectivity index (χ4v) is 3.89. The Kier molecular flexibility index (Phi) is 4.56. The molecule has 0 spiro atoms. The van der Waals surface area contributed by atoms with E-state index in [4.69, 9.17) is 4.84 Å². The lowest BCUT2D eigenvalue weighted by Crippen LogP contribution is -2.40. The number of amides is 2. The van der Waals surface area contributed by atoms with Crippen LogP contribution in [0.25, 0.3) is 0 Å². The van der Waals surface area contributed by atoms with Crippen molar-refractivity contribution in [3.8, 4) is 0 Å². The number of non-ortho nitro benzene ring substituents is 1. The van der Waals surface area contributed by atoms with Gasteiger partial charge in [-0.05, 0) is 30.7 Å². The Morgan fingerprint density at radius 2 is 1.68 bits per heavy atom. The zero-order chi connectivity index (χ0) is 19.8. The Balaban J connectivity index is 1.65. The lowest BCUT2D eigenvalue weighted by molar-refractivity contribution is -0.384. The Morgan fingerprint density at radius 1 is 1.00 bits per heavy atom. The molecule has 28 heavy (non-hydrogen) atoms. The van der Waals surface area contributed by atoms with E-state index in [-0.39, 0.29) is 17.6 Å². The summed E-state index contributed by atoms with van der Waals surface area (Å²) >= 11 is 0. The largest absolute Gasteiger partial charge is 0.273 e. The van der Waals surface area contributed by atoms with Crippen LogP contribution in [0.1, 0.15) is 19.8 Å². The third kappa shape index (κ3) is 2.82. The SMILES string of the molecule is CCC[C@H]1[C@H]2C(=O)N(c3ccc([N+](=O)[O-])cc3)C(=O)[C@@H]2ON1c1ccccc1. The van der Waals surface area contributed by atoms with Crippen LogP contribution in [0.5, 0.6) is 0 Å². The molecule has 2 aromatic carbocycles. The van der Waals surface area contributed by atoms with Gasteiger partial charge in [-0.1, -0.05) is 31.5 Å². The van der Waals surface area contributed by atoms with Crippen LogP contribution >= 0.6 is 0 Å². The van der Waals surface area contributed by atoms with Gasteiger partial charge in [0.25, 0.3) is 11.6 Å². The van der Waals surface area contributed by atoms with Crippen LogP contribution in [0.2, 0.25) is 0 Å². The maximum Gasteiger partial charge on any atom is 0.269 e. The summed E-state index contributed by atoms with van der Waals surface area (Å²) in [4.78, 5) is 43.5. The number of benzene rings is 2. The number of nitro benzene ring substituents is 1. The van der Waals surface area contributed by atoms with Crippen LogP contribution in [-0.4, -0.2) is 28.9 Å². The molecule has 8 heteroatoms. The van der Waals surface area contributed by atoms with Crippen LogP contribution in [0.4, 0.5) is 17.1 Å².